The zero-order valence-corrected chi connectivity index (χ0v) is 15.0. The van der Waals surface area contributed by atoms with Crippen LogP contribution in [0.4, 0.5) is 4.79 Å². The van der Waals surface area contributed by atoms with Crippen molar-refractivity contribution in [2.75, 3.05) is 19.8 Å². The molecule has 0 bridgehead atoms. The van der Waals surface area contributed by atoms with Crippen LogP contribution in [0.3, 0.4) is 0 Å². The van der Waals surface area contributed by atoms with E-state index in [2.05, 4.69) is 15.6 Å². The fourth-order valence-electron chi connectivity index (χ4n) is 2.76. The summed E-state index contributed by atoms with van der Waals surface area (Å²) in [6.07, 6.45) is 0. The summed E-state index contributed by atoms with van der Waals surface area (Å²) in [5, 5.41) is 5.66. The van der Waals surface area contributed by atoms with Crippen LogP contribution in [0.15, 0.2) is 41.6 Å². The van der Waals surface area contributed by atoms with Gasteiger partial charge in [0.25, 0.3) is 0 Å². The molecule has 2 heterocycles. The number of ether oxygens (including phenoxy) is 2. The van der Waals surface area contributed by atoms with E-state index in [0.717, 1.165) is 0 Å². The molecule has 0 fully saturated rings. The monoisotopic (exact) mass is 369 g/mol. The van der Waals surface area contributed by atoms with Crippen LogP contribution >= 0.6 is 0 Å². The Labute approximate surface area is 155 Å². The number of hydrogen-bond donors (Lipinski definition) is 2. The second kappa shape index (κ2) is 7.86. The average Bonchev–Trinajstić information content (AvgIpc) is 2.65. The van der Waals surface area contributed by atoms with Gasteiger partial charge in [-0.15, -0.1) is 0 Å². The summed E-state index contributed by atoms with van der Waals surface area (Å²) in [4.78, 5) is 40.6. The third-order valence-electron chi connectivity index (χ3n) is 3.99. The Morgan fingerprint density at radius 3 is 2.74 bits per heavy atom. The SMILES string of the molecule is CCOC(=O)C1=C(COC(=O)c2cc(C)nc3ccccc23)NC(=O)NC1. The maximum atomic E-state index is 12.6. The van der Waals surface area contributed by atoms with E-state index in [0.29, 0.717) is 22.2 Å². The normalized spacial score (nSPS) is 13.8. The van der Waals surface area contributed by atoms with Crippen molar-refractivity contribution in [3.63, 3.8) is 0 Å². The molecule has 8 heteroatoms. The highest BCUT2D eigenvalue weighted by molar-refractivity contribution is 6.03. The molecule has 2 amide bonds. The summed E-state index contributed by atoms with van der Waals surface area (Å²) in [6, 6.07) is 8.42. The van der Waals surface area contributed by atoms with Crippen molar-refractivity contribution in [3.05, 3.63) is 52.9 Å². The van der Waals surface area contributed by atoms with Gasteiger partial charge in [-0.05, 0) is 26.0 Å². The van der Waals surface area contributed by atoms with Gasteiger partial charge >= 0.3 is 18.0 Å². The van der Waals surface area contributed by atoms with Crippen LogP contribution in [-0.2, 0) is 14.3 Å². The van der Waals surface area contributed by atoms with Crippen LogP contribution in [0.1, 0.15) is 23.0 Å². The number of pyridine rings is 1. The van der Waals surface area contributed by atoms with E-state index in [1.54, 1.807) is 26.0 Å². The zero-order valence-electron chi connectivity index (χ0n) is 15.0. The van der Waals surface area contributed by atoms with Crippen LogP contribution in [0.5, 0.6) is 0 Å². The number of fused-ring (bicyclic) bond motifs is 1. The smallest absolute Gasteiger partial charge is 0.339 e. The lowest BCUT2D eigenvalue weighted by molar-refractivity contribution is -0.138. The third-order valence-corrected chi connectivity index (χ3v) is 3.99. The van der Waals surface area contributed by atoms with E-state index in [1.165, 1.54) is 0 Å². The first kappa shape index (κ1) is 18.4. The predicted octanol–water partition coefficient (Wildman–Crippen LogP) is 1.83. The van der Waals surface area contributed by atoms with Crippen LogP contribution in [0, 0.1) is 6.92 Å². The highest BCUT2D eigenvalue weighted by Crippen LogP contribution is 2.19. The molecule has 2 N–H and O–H groups in total. The molecule has 3 rings (SSSR count). The Balaban J connectivity index is 1.84. The molecule has 1 aliphatic heterocycles. The number of hydrogen-bond acceptors (Lipinski definition) is 6. The van der Waals surface area contributed by atoms with E-state index in [1.807, 2.05) is 18.2 Å². The maximum absolute atomic E-state index is 12.6. The zero-order chi connectivity index (χ0) is 19.4. The first-order valence-electron chi connectivity index (χ1n) is 8.47. The molecule has 8 nitrogen and oxygen atoms in total. The van der Waals surface area contributed by atoms with E-state index in [9.17, 15) is 14.4 Å². The standard InChI is InChI=1S/C19H19N3O5/c1-3-26-18(24)14-9-20-19(25)22-16(14)10-27-17(23)13-8-11(2)21-15-7-5-4-6-12(13)15/h4-8H,3,9-10H2,1-2H3,(H2,20,22,25). The average molecular weight is 369 g/mol. The number of aromatic nitrogens is 1. The number of nitrogens with zero attached hydrogens (tertiary/aromatic N) is 1. The van der Waals surface area contributed by atoms with Gasteiger partial charge in [-0.1, -0.05) is 18.2 Å². The van der Waals surface area contributed by atoms with Gasteiger partial charge in [-0.2, -0.15) is 0 Å². The Kier molecular flexibility index (Phi) is 5.35. The summed E-state index contributed by atoms with van der Waals surface area (Å²) in [5.41, 5.74) is 2.17. The lowest BCUT2D eigenvalue weighted by atomic mass is 10.1. The lowest BCUT2D eigenvalue weighted by Crippen LogP contribution is -2.45. The van der Waals surface area contributed by atoms with Gasteiger partial charge in [0.2, 0.25) is 0 Å². The summed E-state index contributed by atoms with van der Waals surface area (Å²) < 4.78 is 10.3. The van der Waals surface area contributed by atoms with Crippen molar-refractivity contribution in [2.24, 2.45) is 0 Å². The van der Waals surface area contributed by atoms with E-state index < -0.39 is 18.0 Å². The first-order valence-corrected chi connectivity index (χ1v) is 8.47. The van der Waals surface area contributed by atoms with Crippen molar-refractivity contribution in [3.8, 4) is 0 Å². The Hall–Kier alpha value is -3.42. The van der Waals surface area contributed by atoms with Crippen LogP contribution in [0.25, 0.3) is 10.9 Å². The van der Waals surface area contributed by atoms with Crippen LogP contribution in [-0.4, -0.2) is 42.7 Å². The van der Waals surface area contributed by atoms with Gasteiger partial charge < -0.3 is 20.1 Å². The van der Waals surface area contributed by atoms with E-state index >= 15 is 0 Å². The Morgan fingerprint density at radius 1 is 1.19 bits per heavy atom. The van der Waals surface area contributed by atoms with Gasteiger partial charge in [-0.25, -0.2) is 14.4 Å². The highest BCUT2D eigenvalue weighted by Gasteiger charge is 2.25. The molecule has 0 saturated carbocycles. The highest BCUT2D eigenvalue weighted by atomic mass is 16.5. The number of carbonyl (C=O) groups is 3. The Bertz CT molecular complexity index is 952. The van der Waals surface area contributed by atoms with Crippen molar-refractivity contribution in [1.29, 1.82) is 0 Å². The fourth-order valence-corrected chi connectivity index (χ4v) is 2.76. The molecule has 0 saturated heterocycles. The number of aryl methyl sites for hydroxylation is 1. The van der Waals surface area contributed by atoms with Crippen LogP contribution in [0.2, 0.25) is 0 Å². The molecule has 0 aliphatic carbocycles. The molecule has 0 spiro atoms. The molecule has 2 aromatic rings. The number of para-hydroxylation sites is 1. The largest absolute Gasteiger partial charge is 0.463 e. The maximum Gasteiger partial charge on any atom is 0.339 e. The molecule has 1 aromatic carbocycles. The van der Waals surface area contributed by atoms with Crippen molar-refractivity contribution in [2.45, 2.75) is 13.8 Å². The Morgan fingerprint density at radius 2 is 1.96 bits per heavy atom. The molecule has 27 heavy (non-hydrogen) atoms. The lowest BCUT2D eigenvalue weighted by Gasteiger charge is -2.21. The third kappa shape index (κ3) is 4.05. The fraction of sp³-hybridized carbons (Fsp3) is 0.263. The number of rotatable bonds is 5. The second-order valence-corrected chi connectivity index (χ2v) is 5.89. The number of carbonyl (C=O) groups excluding carboxylic acids is 3. The molecule has 140 valence electrons. The quantitative estimate of drug-likeness (QED) is 0.779. The summed E-state index contributed by atoms with van der Waals surface area (Å²) in [5.74, 6) is -1.14. The van der Waals surface area contributed by atoms with Gasteiger partial charge in [0.1, 0.15) is 6.61 Å². The minimum absolute atomic E-state index is 0.00878. The van der Waals surface area contributed by atoms with E-state index in [4.69, 9.17) is 9.47 Å². The van der Waals surface area contributed by atoms with Gasteiger partial charge in [-0.3, -0.25) is 4.98 Å². The van der Waals surface area contributed by atoms with Gasteiger partial charge in [0, 0.05) is 11.1 Å². The van der Waals surface area contributed by atoms with E-state index in [-0.39, 0.29) is 31.0 Å². The summed E-state index contributed by atoms with van der Waals surface area (Å²) in [7, 11) is 0. The molecule has 1 aliphatic rings. The molecular weight excluding hydrogens is 350 g/mol. The topological polar surface area (TPSA) is 107 Å². The number of nitrogens with one attached hydrogen (secondary N) is 2. The number of amides is 2. The molecule has 0 unspecified atom stereocenters. The van der Waals surface area contributed by atoms with Gasteiger partial charge in [0.15, 0.2) is 0 Å². The minimum Gasteiger partial charge on any atom is -0.463 e. The van der Waals surface area contributed by atoms with Gasteiger partial charge in [0.05, 0.1) is 35.5 Å². The number of esters is 2. The van der Waals surface area contributed by atoms with Crippen LogP contribution < -0.4 is 10.6 Å². The number of urea groups is 1. The van der Waals surface area contributed by atoms with Crippen molar-refractivity contribution < 1.29 is 23.9 Å². The molecule has 0 atom stereocenters. The molecular formula is C19H19N3O5. The molecule has 1 aromatic heterocycles. The van der Waals surface area contributed by atoms with Crippen molar-refractivity contribution >= 4 is 28.9 Å². The summed E-state index contributed by atoms with van der Waals surface area (Å²) in [6.45, 7) is 3.43. The number of benzene rings is 1. The van der Waals surface area contributed by atoms with Crippen molar-refractivity contribution in [1.82, 2.24) is 15.6 Å². The summed E-state index contributed by atoms with van der Waals surface area (Å²) >= 11 is 0. The minimum atomic E-state index is -0.569. The molecule has 0 radical (unpaired) electrons. The predicted molar refractivity (Wildman–Crippen MR) is 97.0 cm³/mol. The first-order chi connectivity index (χ1) is 13.0. The second-order valence-electron chi connectivity index (χ2n) is 5.89.